The largest absolute Gasteiger partial charge is 0.494 e. The van der Waals surface area contributed by atoms with Crippen molar-refractivity contribution in [3.8, 4) is 5.75 Å². The van der Waals surface area contributed by atoms with Gasteiger partial charge in [-0.25, -0.2) is 14.4 Å². The Hall–Kier alpha value is -2.01. The van der Waals surface area contributed by atoms with Gasteiger partial charge in [0.1, 0.15) is 5.82 Å². The summed E-state index contributed by atoms with van der Waals surface area (Å²) in [5.41, 5.74) is 3.11. The molecule has 5 heteroatoms. The van der Waals surface area contributed by atoms with Crippen molar-refractivity contribution >= 4 is 0 Å². The van der Waals surface area contributed by atoms with Gasteiger partial charge in [-0.1, -0.05) is 26.0 Å². The second kappa shape index (κ2) is 6.37. The molecule has 0 unspecified atom stereocenters. The van der Waals surface area contributed by atoms with Crippen molar-refractivity contribution in [2.45, 2.75) is 57.7 Å². The van der Waals surface area contributed by atoms with Gasteiger partial charge in [0.2, 0.25) is 0 Å². The molecule has 3 heterocycles. The molecular weight excluding hydrogens is 317 g/mol. The lowest BCUT2D eigenvalue weighted by atomic mass is 9.98. The van der Waals surface area contributed by atoms with Gasteiger partial charge in [0, 0.05) is 48.3 Å². The molecule has 132 valence electrons. The summed E-state index contributed by atoms with van der Waals surface area (Å²) in [6.07, 6.45) is 5.15. The van der Waals surface area contributed by atoms with Gasteiger partial charge in [0.05, 0.1) is 12.8 Å². The van der Waals surface area contributed by atoms with E-state index in [2.05, 4.69) is 23.7 Å². The van der Waals surface area contributed by atoms with Crippen molar-refractivity contribution in [1.29, 1.82) is 0 Å². The van der Waals surface area contributed by atoms with Gasteiger partial charge in [-0.2, -0.15) is 0 Å². The van der Waals surface area contributed by atoms with Crippen molar-refractivity contribution in [3.63, 3.8) is 0 Å². The topological polar surface area (TPSA) is 38.2 Å². The molecule has 1 fully saturated rings. The van der Waals surface area contributed by atoms with Gasteiger partial charge in [0.25, 0.3) is 0 Å². The Bertz CT molecular complexity index is 793. The summed E-state index contributed by atoms with van der Waals surface area (Å²) in [6, 6.07) is 6.10. The third-order valence-electron chi connectivity index (χ3n) is 5.48. The van der Waals surface area contributed by atoms with Gasteiger partial charge in [-0.05, 0) is 18.9 Å². The lowest BCUT2D eigenvalue weighted by Crippen LogP contribution is -2.38. The number of nitrogens with zero attached hydrogens (tertiary/aromatic N) is 3. The number of rotatable bonds is 4. The van der Waals surface area contributed by atoms with Crippen molar-refractivity contribution in [1.82, 2.24) is 14.9 Å². The van der Waals surface area contributed by atoms with Gasteiger partial charge in [0.15, 0.2) is 11.6 Å². The molecule has 2 aromatic rings. The fraction of sp³-hybridized carbons (Fsp3) is 0.500. The maximum Gasteiger partial charge on any atom is 0.169 e. The zero-order valence-corrected chi connectivity index (χ0v) is 15.0. The van der Waals surface area contributed by atoms with E-state index in [0.717, 1.165) is 25.1 Å². The van der Waals surface area contributed by atoms with Crippen LogP contribution in [-0.4, -0.2) is 28.0 Å². The molecule has 1 aromatic heterocycles. The summed E-state index contributed by atoms with van der Waals surface area (Å²) in [5, 5.41) is 0. The third-order valence-corrected chi connectivity index (χ3v) is 5.48. The van der Waals surface area contributed by atoms with E-state index in [0.29, 0.717) is 35.9 Å². The molecule has 2 aliphatic rings. The second-order valence-corrected chi connectivity index (χ2v) is 7.34. The molecule has 0 N–H and O–H groups in total. The molecule has 0 radical (unpaired) electrons. The number of aromatic nitrogens is 2. The van der Waals surface area contributed by atoms with Gasteiger partial charge in [-0.15, -0.1) is 0 Å². The van der Waals surface area contributed by atoms with E-state index >= 15 is 0 Å². The summed E-state index contributed by atoms with van der Waals surface area (Å²) in [4.78, 5) is 11.8. The van der Waals surface area contributed by atoms with Crippen LogP contribution in [0.25, 0.3) is 0 Å². The fourth-order valence-electron chi connectivity index (χ4n) is 4.15. The van der Waals surface area contributed by atoms with Crippen molar-refractivity contribution in [3.05, 3.63) is 52.9 Å². The first-order valence-corrected chi connectivity index (χ1v) is 9.01. The van der Waals surface area contributed by atoms with E-state index in [1.807, 2.05) is 18.3 Å². The smallest absolute Gasteiger partial charge is 0.169 e. The second-order valence-electron chi connectivity index (χ2n) is 7.34. The van der Waals surface area contributed by atoms with E-state index in [1.165, 1.54) is 18.4 Å². The molecule has 4 nitrogen and oxygen atoms in total. The number of fused-ring (bicyclic) bond motifs is 4. The highest BCUT2D eigenvalue weighted by atomic mass is 19.1. The Morgan fingerprint density at radius 3 is 2.92 bits per heavy atom. The first-order valence-electron chi connectivity index (χ1n) is 9.01. The molecule has 0 aliphatic carbocycles. The first-order chi connectivity index (χ1) is 12.1. The molecule has 2 atom stereocenters. The molecule has 4 rings (SSSR count). The van der Waals surface area contributed by atoms with Crippen LogP contribution in [0.5, 0.6) is 5.75 Å². The minimum atomic E-state index is -0.249. The Morgan fingerprint density at radius 2 is 2.16 bits per heavy atom. The van der Waals surface area contributed by atoms with Crippen LogP contribution >= 0.6 is 0 Å². The minimum Gasteiger partial charge on any atom is -0.494 e. The molecule has 2 bridgehead atoms. The highest BCUT2D eigenvalue weighted by molar-refractivity contribution is 5.33. The molecule has 1 aromatic carbocycles. The average Bonchev–Trinajstić information content (AvgIpc) is 2.88. The monoisotopic (exact) mass is 341 g/mol. The molecule has 2 aliphatic heterocycles. The Labute approximate surface area is 148 Å². The van der Waals surface area contributed by atoms with Gasteiger partial charge >= 0.3 is 0 Å². The zero-order valence-electron chi connectivity index (χ0n) is 15.0. The van der Waals surface area contributed by atoms with Crippen molar-refractivity contribution < 1.29 is 9.13 Å². The number of methoxy groups -OCH3 is 1. The summed E-state index contributed by atoms with van der Waals surface area (Å²) in [5.74, 6) is 1.33. The van der Waals surface area contributed by atoms with Crippen LogP contribution in [0.2, 0.25) is 0 Å². The molecular formula is C20H24FN3O. The highest BCUT2D eigenvalue weighted by Gasteiger charge is 2.41. The minimum absolute atomic E-state index is 0.249. The Balaban J connectivity index is 1.63. The maximum absolute atomic E-state index is 14.6. The van der Waals surface area contributed by atoms with E-state index < -0.39 is 0 Å². The van der Waals surface area contributed by atoms with Gasteiger partial charge < -0.3 is 4.74 Å². The average molecular weight is 341 g/mol. The van der Waals surface area contributed by atoms with Crippen LogP contribution in [0.4, 0.5) is 4.39 Å². The van der Waals surface area contributed by atoms with E-state index in [9.17, 15) is 4.39 Å². The molecule has 0 spiro atoms. The summed E-state index contributed by atoms with van der Waals surface area (Å²) in [6.45, 7) is 4.85. The predicted molar refractivity (Wildman–Crippen MR) is 94.1 cm³/mol. The summed E-state index contributed by atoms with van der Waals surface area (Å²) < 4.78 is 19.7. The number of benzene rings is 1. The first kappa shape index (κ1) is 16.5. The van der Waals surface area contributed by atoms with Crippen LogP contribution in [0.1, 0.15) is 61.3 Å². The number of hydrogen-bond acceptors (Lipinski definition) is 4. The van der Waals surface area contributed by atoms with Crippen LogP contribution < -0.4 is 4.74 Å². The van der Waals surface area contributed by atoms with E-state index in [4.69, 9.17) is 9.72 Å². The fourth-order valence-corrected chi connectivity index (χ4v) is 4.15. The predicted octanol–water partition coefficient (Wildman–Crippen LogP) is 4.01. The molecule has 25 heavy (non-hydrogen) atoms. The Morgan fingerprint density at radius 1 is 1.32 bits per heavy atom. The van der Waals surface area contributed by atoms with E-state index in [-0.39, 0.29) is 5.82 Å². The third kappa shape index (κ3) is 2.80. The molecule has 0 saturated carbocycles. The lowest BCUT2D eigenvalue weighted by molar-refractivity contribution is 0.163. The lowest BCUT2D eigenvalue weighted by Gasteiger charge is -2.36. The van der Waals surface area contributed by atoms with E-state index in [1.54, 1.807) is 6.07 Å². The number of hydrogen-bond donors (Lipinski definition) is 0. The van der Waals surface area contributed by atoms with Crippen LogP contribution in [-0.2, 0) is 13.0 Å². The maximum atomic E-state index is 14.6. The van der Waals surface area contributed by atoms with Crippen LogP contribution in [0.15, 0.2) is 24.4 Å². The number of halogens is 1. The quantitative estimate of drug-likeness (QED) is 0.842. The summed E-state index contributed by atoms with van der Waals surface area (Å²) >= 11 is 0. The van der Waals surface area contributed by atoms with Crippen LogP contribution in [0.3, 0.4) is 0 Å². The number of ether oxygens (including phenoxy) is 1. The zero-order chi connectivity index (χ0) is 17.6. The standard InChI is InChI=1S/C20H24FN3O/c1-12(2)20-22-10-15-16(23-20)9-14-7-8-17(15)24(14)11-13-5-4-6-18(25-3)19(13)21/h4-6,10,12,14,17H,7-9,11H2,1-3H3/t14-,17-/m1/s1. The Kier molecular flexibility index (Phi) is 4.20. The normalized spacial score (nSPS) is 22.3. The van der Waals surface area contributed by atoms with Crippen LogP contribution in [0, 0.1) is 5.82 Å². The SMILES string of the molecule is COc1cccc(CN2[C@@H]3CC[C@@H]2c2cnc(C(C)C)nc2C3)c1F. The van der Waals surface area contributed by atoms with Crippen molar-refractivity contribution in [2.24, 2.45) is 0 Å². The molecule has 0 amide bonds. The molecule has 1 saturated heterocycles. The van der Waals surface area contributed by atoms with Crippen molar-refractivity contribution in [2.75, 3.05) is 7.11 Å². The summed E-state index contributed by atoms with van der Waals surface area (Å²) in [7, 11) is 1.51. The highest BCUT2D eigenvalue weighted by Crippen LogP contribution is 2.44. The van der Waals surface area contributed by atoms with Gasteiger partial charge in [-0.3, -0.25) is 4.90 Å².